The minimum atomic E-state index is -1.52. The van der Waals surface area contributed by atoms with Gasteiger partial charge in [-0.15, -0.1) is 11.8 Å². The molecule has 2 aromatic heterocycles. The minimum absolute atomic E-state index is 0.259. The topological polar surface area (TPSA) is 114 Å². The minimum Gasteiger partial charge on any atom is -0.394 e. The van der Waals surface area contributed by atoms with Crippen LogP contribution in [0.5, 0.6) is 0 Å². The maximum atomic E-state index is 10.8. The fraction of sp³-hybridized carbons (Fsp3) is 0.615. The highest BCUT2D eigenvalue weighted by Crippen LogP contribution is 2.41. The molecule has 4 atom stereocenters. The average Bonchev–Trinajstić information content (AvgIpc) is 3.08. The number of thioether (sulfide) groups is 1. The molecule has 1 saturated heterocycles. The van der Waals surface area contributed by atoms with Crippen molar-refractivity contribution in [2.24, 2.45) is 0 Å². The molecule has 0 aromatic carbocycles. The molecule has 120 valence electrons. The van der Waals surface area contributed by atoms with Gasteiger partial charge in [-0.1, -0.05) is 6.92 Å². The zero-order chi connectivity index (χ0) is 15.9. The third-order valence-electron chi connectivity index (χ3n) is 4.11. The first-order chi connectivity index (χ1) is 10.6. The molecule has 0 amide bonds. The molecule has 0 bridgehead atoms. The fourth-order valence-electron chi connectivity index (χ4n) is 2.81. The van der Waals surface area contributed by atoms with E-state index in [0.29, 0.717) is 11.2 Å². The van der Waals surface area contributed by atoms with Gasteiger partial charge in [-0.05, 0) is 12.7 Å². The van der Waals surface area contributed by atoms with Gasteiger partial charge in [0.1, 0.15) is 34.7 Å². The van der Waals surface area contributed by atoms with Crippen LogP contribution in [-0.2, 0) is 4.74 Å². The molecular weight excluding hydrogens is 308 g/mol. The molecule has 22 heavy (non-hydrogen) atoms. The first-order valence-corrected chi connectivity index (χ1v) is 8.17. The molecule has 2 aromatic rings. The Morgan fingerprint density at radius 2 is 2.18 bits per heavy atom. The molecule has 0 aliphatic carbocycles. The summed E-state index contributed by atoms with van der Waals surface area (Å²) >= 11 is 1.45. The molecule has 0 unspecified atom stereocenters. The summed E-state index contributed by atoms with van der Waals surface area (Å²) in [5.41, 5.74) is -0.396. The van der Waals surface area contributed by atoms with Crippen molar-refractivity contribution >= 4 is 22.9 Å². The van der Waals surface area contributed by atoms with Gasteiger partial charge in [-0.3, -0.25) is 4.57 Å². The van der Waals surface area contributed by atoms with Gasteiger partial charge in [-0.2, -0.15) is 0 Å². The van der Waals surface area contributed by atoms with E-state index in [1.807, 2.05) is 6.26 Å². The highest BCUT2D eigenvalue weighted by molar-refractivity contribution is 7.98. The van der Waals surface area contributed by atoms with E-state index in [2.05, 4.69) is 15.0 Å². The van der Waals surface area contributed by atoms with E-state index in [9.17, 15) is 15.3 Å². The SMILES string of the molecule is CC[C@@]1(O)[C@H](O)[C@@H](CO)O[C@H]1n1cnc2c(SC)ncnc21. The van der Waals surface area contributed by atoms with Crippen LogP contribution in [0, 0.1) is 0 Å². The van der Waals surface area contributed by atoms with Crippen molar-refractivity contribution < 1.29 is 20.1 Å². The molecule has 1 fully saturated rings. The van der Waals surface area contributed by atoms with Crippen molar-refractivity contribution in [2.45, 2.75) is 42.4 Å². The van der Waals surface area contributed by atoms with Crippen molar-refractivity contribution in [1.29, 1.82) is 0 Å². The molecule has 1 aliphatic rings. The first-order valence-electron chi connectivity index (χ1n) is 6.95. The summed E-state index contributed by atoms with van der Waals surface area (Å²) in [5, 5.41) is 31.1. The van der Waals surface area contributed by atoms with E-state index < -0.39 is 24.0 Å². The molecule has 3 N–H and O–H groups in total. The largest absolute Gasteiger partial charge is 0.394 e. The van der Waals surface area contributed by atoms with E-state index in [0.717, 1.165) is 5.03 Å². The lowest BCUT2D eigenvalue weighted by Gasteiger charge is -2.30. The normalized spacial score (nSPS) is 32.0. The van der Waals surface area contributed by atoms with Crippen LogP contribution >= 0.6 is 11.8 Å². The predicted octanol–water partition coefficient (Wildman–Crippen LogP) is -0.0601. The maximum Gasteiger partial charge on any atom is 0.168 e. The summed E-state index contributed by atoms with van der Waals surface area (Å²) in [4.78, 5) is 12.7. The lowest BCUT2D eigenvalue weighted by atomic mass is 9.91. The number of aromatic nitrogens is 4. The molecule has 8 nitrogen and oxygen atoms in total. The van der Waals surface area contributed by atoms with Crippen LogP contribution in [0.1, 0.15) is 19.6 Å². The van der Waals surface area contributed by atoms with Crippen LogP contribution in [0.2, 0.25) is 0 Å². The molecule has 0 spiro atoms. The Kier molecular flexibility index (Phi) is 4.08. The number of rotatable bonds is 4. The van der Waals surface area contributed by atoms with E-state index in [4.69, 9.17) is 4.74 Å². The highest BCUT2D eigenvalue weighted by atomic mass is 32.2. The highest BCUT2D eigenvalue weighted by Gasteiger charge is 2.55. The van der Waals surface area contributed by atoms with Crippen LogP contribution in [0.4, 0.5) is 0 Å². The Morgan fingerprint density at radius 3 is 2.82 bits per heavy atom. The number of hydrogen-bond donors (Lipinski definition) is 3. The molecular formula is C13H18N4O4S. The van der Waals surface area contributed by atoms with E-state index in [1.54, 1.807) is 11.5 Å². The van der Waals surface area contributed by atoms with Crippen molar-refractivity contribution in [3.63, 3.8) is 0 Å². The quantitative estimate of drug-likeness (QED) is 0.529. The number of hydrogen-bond acceptors (Lipinski definition) is 8. The summed E-state index contributed by atoms with van der Waals surface area (Å²) in [6.07, 6.45) is 2.17. The van der Waals surface area contributed by atoms with Crippen molar-refractivity contribution in [2.75, 3.05) is 12.9 Å². The average molecular weight is 326 g/mol. The summed E-state index contributed by atoms with van der Waals surface area (Å²) in [5.74, 6) is 0. The lowest BCUT2D eigenvalue weighted by Crippen LogP contribution is -2.46. The Bertz CT molecular complexity index is 681. The molecule has 0 radical (unpaired) electrons. The van der Waals surface area contributed by atoms with Gasteiger partial charge in [0.2, 0.25) is 0 Å². The van der Waals surface area contributed by atoms with Gasteiger partial charge < -0.3 is 20.1 Å². The third-order valence-corrected chi connectivity index (χ3v) is 4.80. The molecule has 3 rings (SSSR count). The summed E-state index contributed by atoms with van der Waals surface area (Å²) in [6, 6.07) is 0. The van der Waals surface area contributed by atoms with Gasteiger partial charge in [0.25, 0.3) is 0 Å². The van der Waals surface area contributed by atoms with Gasteiger partial charge in [0.05, 0.1) is 12.9 Å². The van der Waals surface area contributed by atoms with Crippen molar-refractivity contribution in [3.05, 3.63) is 12.7 Å². The van der Waals surface area contributed by atoms with Gasteiger partial charge >= 0.3 is 0 Å². The van der Waals surface area contributed by atoms with Gasteiger partial charge in [0, 0.05) is 0 Å². The zero-order valence-electron chi connectivity index (χ0n) is 12.2. The number of aliphatic hydroxyl groups excluding tert-OH is 2. The van der Waals surface area contributed by atoms with Crippen LogP contribution in [-0.4, -0.2) is 65.5 Å². The maximum absolute atomic E-state index is 10.8. The Balaban J connectivity index is 2.11. The first kappa shape index (κ1) is 15.6. The predicted molar refractivity (Wildman–Crippen MR) is 79.3 cm³/mol. The molecule has 9 heteroatoms. The second-order valence-corrected chi connectivity index (χ2v) is 6.00. The van der Waals surface area contributed by atoms with Crippen LogP contribution in [0.3, 0.4) is 0 Å². The summed E-state index contributed by atoms with van der Waals surface area (Å²) in [6.45, 7) is 1.37. The lowest BCUT2D eigenvalue weighted by molar-refractivity contribution is -0.109. The second kappa shape index (κ2) is 5.74. The van der Waals surface area contributed by atoms with E-state index in [-0.39, 0.29) is 13.0 Å². The van der Waals surface area contributed by atoms with Crippen molar-refractivity contribution in [3.8, 4) is 0 Å². The second-order valence-electron chi connectivity index (χ2n) is 5.21. The Hall–Kier alpha value is -1.26. The van der Waals surface area contributed by atoms with Crippen LogP contribution in [0.25, 0.3) is 11.2 Å². The standard InChI is InChI=1S/C13H18N4O4S/c1-3-13(20)9(19)7(4-18)21-12(13)17-6-16-8-10(17)14-5-15-11(8)22-2/h5-7,9,12,18-20H,3-4H2,1-2H3/t7-,9-,12-,13-/m1/s1. The van der Waals surface area contributed by atoms with Crippen molar-refractivity contribution in [1.82, 2.24) is 19.5 Å². The number of ether oxygens (including phenoxy) is 1. The van der Waals surface area contributed by atoms with Gasteiger partial charge in [-0.25, -0.2) is 15.0 Å². The zero-order valence-corrected chi connectivity index (χ0v) is 13.1. The number of nitrogens with zero attached hydrogens (tertiary/aromatic N) is 4. The molecule has 1 aliphatic heterocycles. The van der Waals surface area contributed by atoms with E-state index >= 15 is 0 Å². The summed E-state index contributed by atoms with van der Waals surface area (Å²) in [7, 11) is 0. The Morgan fingerprint density at radius 1 is 1.41 bits per heavy atom. The Labute approximate surface area is 131 Å². The van der Waals surface area contributed by atoms with Gasteiger partial charge in [0.15, 0.2) is 11.9 Å². The smallest absolute Gasteiger partial charge is 0.168 e. The third kappa shape index (κ3) is 2.12. The van der Waals surface area contributed by atoms with Crippen LogP contribution in [0.15, 0.2) is 17.7 Å². The number of fused-ring (bicyclic) bond motifs is 1. The summed E-state index contributed by atoms with van der Waals surface area (Å²) < 4.78 is 7.24. The number of aliphatic hydroxyl groups is 3. The monoisotopic (exact) mass is 326 g/mol. The molecule has 3 heterocycles. The van der Waals surface area contributed by atoms with Crippen LogP contribution < -0.4 is 0 Å². The molecule has 0 saturated carbocycles. The number of imidazole rings is 1. The fourth-order valence-corrected chi connectivity index (χ4v) is 3.30. The van der Waals surface area contributed by atoms with E-state index in [1.165, 1.54) is 24.4 Å².